The van der Waals surface area contributed by atoms with Gasteiger partial charge >= 0.3 is 0 Å². The summed E-state index contributed by atoms with van der Waals surface area (Å²) in [4.78, 5) is 7.15. The Hall–Kier alpha value is -0.450. The van der Waals surface area contributed by atoms with Crippen LogP contribution in [0.3, 0.4) is 0 Å². The molecule has 92 valence electrons. The van der Waals surface area contributed by atoms with Crippen molar-refractivity contribution in [1.82, 2.24) is 4.90 Å². The van der Waals surface area contributed by atoms with Crippen LogP contribution < -0.4 is 0 Å². The van der Waals surface area contributed by atoms with Gasteiger partial charge in [-0.2, -0.15) is 0 Å². The van der Waals surface area contributed by atoms with Crippen molar-refractivity contribution in [3.8, 4) is 0 Å². The van der Waals surface area contributed by atoms with Gasteiger partial charge in [-0.05, 0) is 13.3 Å². The van der Waals surface area contributed by atoms with Gasteiger partial charge in [-0.15, -0.1) is 23.5 Å². The zero-order chi connectivity index (χ0) is 12.1. The maximum Gasteiger partial charge on any atom is 0.0975 e. The van der Waals surface area contributed by atoms with Gasteiger partial charge in [0.2, 0.25) is 0 Å². The minimum atomic E-state index is 0.556. The molecule has 4 heteroatoms. The van der Waals surface area contributed by atoms with Crippen LogP contribution in [0.25, 0.3) is 0 Å². The van der Waals surface area contributed by atoms with Crippen LogP contribution in [0, 0.1) is 0 Å². The Morgan fingerprint density at radius 3 is 2.82 bits per heavy atom. The number of thioether (sulfide) groups is 2. The van der Waals surface area contributed by atoms with E-state index in [0.29, 0.717) is 5.37 Å². The molecule has 0 N–H and O–H groups in total. The normalized spacial score (nSPS) is 22.0. The van der Waals surface area contributed by atoms with Crippen molar-refractivity contribution in [2.75, 3.05) is 32.1 Å². The van der Waals surface area contributed by atoms with E-state index in [9.17, 15) is 0 Å². The lowest BCUT2D eigenvalue weighted by molar-refractivity contribution is 0.357. The molecule has 1 heterocycles. The molecule has 1 fully saturated rings. The van der Waals surface area contributed by atoms with Gasteiger partial charge in [-0.25, -0.2) is 0 Å². The Labute approximate surface area is 112 Å². The number of nitrogens with zero attached hydrogens (tertiary/aromatic N) is 2. The molecule has 0 aliphatic carbocycles. The second kappa shape index (κ2) is 6.47. The standard InChI is InChI=1S/C13H18N2S2/c1-15-8-9-17-12(15)10-14-13(16-2)11-6-4-3-5-7-11/h3-7,12H,8-10H2,1-2H3/b14-13-. The summed E-state index contributed by atoms with van der Waals surface area (Å²) in [6.45, 7) is 2.08. The summed E-state index contributed by atoms with van der Waals surface area (Å²) in [6.07, 6.45) is 2.09. The molecule has 2 rings (SSSR count). The Morgan fingerprint density at radius 1 is 1.47 bits per heavy atom. The molecular weight excluding hydrogens is 248 g/mol. The molecule has 0 amide bonds. The highest BCUT2D eigenvalue weighted by Gasteiger charge is 2.20. The zero-order valence-corrected chi connectivity index (χ0v) is 11.9. The summed E-state index contributed by atoms with van der Waals surface area (Å²) >= 11 is 3.74. The van der Waals surface area contributed by atoms with Crippen LogP contribution in [0.2, 0.25) is 0 Å². The first-order valence-electron chi connectivity index (χ1n) is 5.77. The van der Waals surface area contributed by atoms with Crippen molar-refractivity contribution >= 4 is 28.6 Å². The maximum atomic E-state index is 4.76. The number of hydrogen-bond donors (Lipinski definition) is 0. The summed E-state index contributed by atoms with van der Waals surface area (Å²) in [5.41, 5.74) is 1.23. The van der Waals surface area contributed by atoms with E-state index in [1.54, 1.807) is 11.8 Å². The molecule has 1 atom stereocenters. The highest BCUT2D eigenvalue weighted by Crippen LogP contribution is 2.22. The highest BCUT2D eigenvalue weighted by atomic mass is 32.2. The lowest BCUT2D eigenvalue weighted by atomic mass is 10.2. The van der Waals surface area contributed by atoms with E-state index in [1.165, 1.54) is 17.9 Å². The van der Waals surface area contributed by atoms with Crippen LogP contribution in [0.15, 0.2) is 35.3 Å². The van der Waals surface area contributed by atoms with E-state index in [4.69, 9.17) is 4.99 Å². The number of rotatable bonds is 3. The Balaban J connectivity index is 2.03. The van der Waals surface area contributed by atoms with Gasteiger partial charge in [-0.1, -0.05) is 30.3 Å². The molecule has 1 aromatic carbocycles. The van der Waals surface area contributed by atoms with E-state index < -0.39 is 0 Å². The Kier molecular flexibility index (Phi) is 4.95. The largest absolute Gasteiger partial charge is 0.292 e. The van der Waals surface area contributed by atoms with Crippen molar-refractivity contribution in [1.29, 1.82) is 0 Å². The van der Waals surface area contributed by atoms with E-state index >= 15 is 0 Å². The predicted molar refractivity (Wildman–Crippen MR) is 80.2 cm³/mol. The van der Waals surface area contributed by atoms with E-state index in [-0.39, 0.29) is 0 Å². The molecule has 2 nitrogen and oxygen atoms in total. The molecule has 1 aromatic rings. The van der Waals surface area contributed by atoms with Crippen molar-refractivity contribution < 1.29 is 0 Å². The zero-order valence-electron chi connectivity index (χ0n) is 10.3. The molecule has 0 spiro atoms. The van der Waals surface area contributed by atoms with Crippen molar-refractivity contribution in [3.63, 3.8) is 0 Å². The first kappa shape index (κ1) is 13.0. The number of likely N-dealkylation sites (N-methyl/N-ethyl adjacent to an activating group) is 1. The van der Waals surface area contributed by atoms with Crippen molar-refractivity contribution in [3.05, 3.63) is 35.9 Å². The maximum absolute atomic E-state index is 4.76. The van der Waals surface area contributed by atoms with Crippen molar-refractivity contribution in [2.24, 2.45) is 4.99 Å². The Morgan fingerprint density at radius 2 is 2.24 bits per heavy atom. The number of hydrogen-bond acceptors (Lipinski definition) is 4. The summed E-state index contributed by atoms with van der Waals surface area (Å²) in [7, 11) is 2.18. The van der Waals surface area contributed by atoms with Crippen LogP contribution in [-0.4, -0.2) is 47.5 Å². The van der Waals surface area contributed by atoms with Gasteiger partial charge in [0.05, 0.1) is 17.0 Å². The lowest BCUT2D eigenvalue weighted by Crippen LogP contribution is -2.26. The highest BCUT2D eigenvalue weighted by molar-refractivity contribution is 8.13. The van der Waals surface area contributed by atoms with Crippen LogP contribution in [-0.2, 0) is 0 Å². The van der Waals surface area contributed by atoms with Gasteiger partial charge in [0, 0.05) is 17.9 Å². The Bertz CT molecular complexity index is 378. The third-order valence-electron chi connectivity index (χ3n) is 2.85. The molecular formula is C13H18N2S2. The molecule has 1 unspecified atom stereocenters. The smallest absolute Gasteiger partial charge is 0.0975 e. The topological polar surface area (TPSA) is 15.6 Å². The second-order valence-corrected chi connectivity index (χ2v) is 6.10. The number of aliphatic imine (C=N–C) groups is 1. The third-order valence-corrected chi connectivity index (χ3v) is 4.91. The van der Waals surface area contributed by atoms with Gasteiger partial charge in [0.25, 0.3) is 0 Å². The van der Waals surface area contributed by atoms with Gasteiger partial charge in [0.15, 0.2) is 0 Å². The second-order valence-electron chi connectivity index (χ2n) is 4.02. The molecule has 1 aliphatic heterocycles. The van der Waals surface area contributed by atoms with E-state index in [0.717, 1.165) is 11.6 Å². The van der Waals surface area contributed by atoms with Crippen LogP contribution in [0.5, 0.6) is 0 Å². The van der Waals surface area contributed by atoms with Gasteiger partial charge in [-0.3, -0.25) is 9.89 Å². The summed E-state index contributed by atoms with van der Waals surface area (Å²) in [6, 6.07) is 10.4. The van der Waals surface area contributed by atoms with E-state index in [2.05, 4.69) is 42.5 Å². The van der Waals surface area contributed by atoms with Gasteiger partial charge < -0.3 is 0 Å². The molecule has 0 bridgehead atoms. The SMILES string of the molecule is CS/C(=N\CC1SCCN1C)c1ccccc1. The molecule has 1 aliphatic rings. The average molecular weight is 266 g/mol. The average Bonchev–Trinajstić information content (AvgIpc) is 2.77. The first-order valence-corrected chi connectivity index (χ1v) is 8.04. The number of benzene rings is 1. The molecule has 0 saturated carbocycles. The molecule has 17 heavy (non-hydrogen) atoms. The predicted octanol–water partition coefficient (Wildman–Crippen LogP) is 2.80. The molecule has 0 aromatic heterocycles. The van der Waals surface area contributed by atoms with Crippen LogP contribution in [0.1, 0.15) is 5.56 Å². The van der Waals surface area contributed by atoms with Crippen molar-refractivity contribution in [2.45, 2.75) is 5.37 Å². The monoisotopic (exact) mass is 266 g/mol. The van der Waals surface area contributed by atoms with E-state index in [1.807, 2.05) is 17.8 Å². The first-order chi connectivity index (χ1) is 8.31. The third kappa shape index (κ3) is 3.50. The van der Waals surface area contributed by atoms with Crippen LogP contribution >= 0.6 is 23.5 Å². The minimum absolute atomic E-state index is 0.556. The fourth-order valence-corrected chi connectivity index (χ4v) is 3.59. The summed E-state index contributed by atoms with van der Waals surface area (Å²) in [5, 5.41) is 1.70. The van der Waals surface area contributed by atoms with Crippen LogP contribution in [0.4, 0.5) is 0 Å². The summed E-state index contributed by atoms with van der Waals surface area (Å²) in [5.74, 6) is 1.23. The van der Waals surface area contributed by atoms with Gasteiger partial charge in [0.1, 0.15) is 0 Å². The fourth-order valence-electron chi connectivity index (χ4n) is 1.81. The quantitative estimate of drug-likeness (QED) is 0.618. The lowest BCUT2D eigenvalue weighted by Gasteiger charge is -2.16. The fraction of sp³-hybridized carbons (Fsp3) is 0.462. The molecule has 0 radical (unpaired) electrons. The summed E-state index contributed by atoms with van der Waals surface area (Å²) < 4.78 is 0. The molecule has 1 saturated heterocycles. The minimum Gasteiger partial charge on any atom is -0.292 e.